The van der Waals surface area contributed by atoms with Gasteiger partial charge in [0.25, 0.3) is 0 Å². The van der Waals surface area contributed by atoms with Crippen LogP contribution in [0.5, 0.6) is 5.75 Å². The Labute approximate surface area is 276 Å². The van der Waals surface area contributed by atoms with E-state index in [1.807, 2.05) is 66.7 Å². The third kappa shape index (κ3) is 9.94. The van der Waals surface area contributed by atoms with Gasteiger partial charge in [0.2, 0.25) is 5.56 Å². The fourth-order valence-electron chi connectivity index (χ4n) is 4.82. The maximum Gasteiger partial charge on any atom is 0.407 e. The van der Waals surface area contributed by atoms with Gasteiger partial charge in [-0.3, -0.25) is 4.79 Å². The second-order valence-corrected chi connectivity index (χ2v) is 17.7. The highest BCUT2D eigenvalue weighted by molar-refractivity contribution is 6.74. The molecule has 3 aromatic carbocycles. The predicted molar refractivity (Wildman–Crippen MR) is 185 cm³/mol. The van der Waals surface area contributed by atoms with Gasteiger partial charge in [0.05, 0.1) is 18.2 Å². The summed E-state index contributed by atoms with van der Waals surface area (Å²) in [7, 11) is -2.41. The van der Waals surface area contributed by atoms with Gasteiger partial charge >= 0.3 is 12.2 Å². The molecule has 0 bridgehead atoms. The number of hydrogen-bond acceptors (Lipinski definition) is 6. The van der Waals surface area contributed by atoms with E-state index in [1.54, 1.807) is 12.1 Å². The highest BCUT2D eigenvalue weighted by Gasteiger charge is 2.40. The van der Waals surface area contributed by atoms with Crippen molar-refractivity contribution in [2.75, 3.05) is 19.6 Å². The van der Waals surface area contributed by atoms with Crippen LogP contribution in [0.25, 0.3) is 10.9 Å². The molecule has 0 aliphatic heterocycles. The summed E-state index contributed by atoms with van der Waals surface area (Å²) < 4.78 is 18.3. The van der Waals surface area contributed by atoms with Crippen molar-refractivity contribution >= 4 is 31.4 Å². The Balaban J connectivity index is 1.53. The van der Waals surface area contributed by atoms with Gasteiger partial charge in [0.1, 0.15) is 19.0 Å². The lowest BCUT2D eigenvalue weighted by atomic mass is 10.0. The zero-order valence-electron chi connectivity index (χ0n) is 27.7. The highest BCUT2D eigenvalue weighted by atomic mass is 28.4. The van der Waals surface area contributed by atoms with E-state index >= 15 is 0 Å². The Bertz CT molecular complexity index is 1690. The number of benzene rings is 3. The number of H-pyrrole nitrogens is 1. The first kappa shape index (κ1) is 35.2. The lowest BCUT2D eigenvalue weighted by Gasteiger charge is -2.40. The molecule has 10 nitrogen and oxygen atoms in total. The SMILES string of the molecule is CC(C)(C)[Si](C)(C)OC(CN(CCCNC(=O)OCc1ccccc1)C(=O)O)c1ccc(OCc2ccccc2)c2[nH]c(=O)ccc12. The third-order valence-corrected chi connectivity index (χ3v) is 12.9. The number of aromatic nitrogens is 1. The summed E-state index contributed by atoms with van der Waals surface area (Å²) in [4.78, 5) is 41.4. The highest BCUT2D eigenvalue weighted by Crippen LogP contribution is 2.41. The van der Waals surface area contributed by atoms with Crippen molar-refractivity contribution in [2.45, 2.75) is 64.6 Å². The molecular weight excluding hydrogens is 614 g/mol. The molecule has 1 atom stereocenters. The zero-order valence-corrected chi connectivity index (χ0v) is 28.7. The quantitative estimate of drug-likeness (QED) is 0.0946. The summed E-state index contributed by atoms with van der Waals surface area (Å²) in [6.07, 6.45) is -1.92. The molecule has 47 heavy (non-hydrogen) atoms. The van der Waals surface area contributed by atoms with E-state index < -0.39 is 26.6 Å². The van der Waals surface area contributed by atoms with E-state index in [9.17, 15) is 19.5 Å². The minimum atomic E-state index is -2.41. The van der Waals surface area contributed by atoms with Crippen molar-refractivity contribution in [3.05, 3.63) is 112 Å². The maximum absolute atomic E-state index is 12.5. The van der Waals surface area contributed by atoms with Crippen LogP contribution in [0.2, 0.25) is 18.1 Å². The number of nitrogens with one attached hydrogen (secondary N) is 2. The number of fused-ring (bicyclic) bond motifs is 1. The monoisotopic (exact) mass is 659 g/mol. The summed E-state index contributed by atoms with van der Waals surface area (Å²) >= 11 is 0. The Hall–Kier alpha value is -4.61. The lowest BCUT2D eigenvalue weighted by Crippen LogP contribution is -2.45. The van der Waals surface area contributed by atoms with E-state index in [1.165, 1.54) is 11.0 Å². The molecule has 0 saturated heterocycles. The van der Waals surface area contributed by atoms with Gasteiger partial charge in [0, 0.05) is 24.5 Å². The molecule has 0 spiro atoms. The summed E-state index contributed by atoms with van der Waals surface area (Å²) in [6.45, 7) is 11.6. The molecule has 0 aliphatic carbocycles. The van der Waals surface area contributed by atoms with Gasteiger partial charge in [-0.25, -0.2) is 9.59 Å². The minimum absolute atomic E-state index is 0.0543. The second kappa shape index (κ2) is 15.8. The molecule has 0 radical (unpaired) electrons. The van der Waals surface area contributed by atoms with Crippen LogP contribution in [-0.2, 0) is 22.4 Å². The molecule has 1 unspecified atom stereocenters. The topological polar surface area (TPSA) is 130 Å². The fraction of sp³-hybridized carbons (Fsp3) is 0.361. The van der Waals surface area contributed by atoms with Crippen LogP contribution in [0.15, 0.2) is 89.7 Å². The normalized spacial score (nSPS) is 12.4. The average molecular weight is 660 g/mol. The van der Waals surface area contributed by atoms with Crippen LogP contribution in [0.3, 0.4) is 0 Å². The van der Waals surface area contributed by atoms with Gasteiger partial charge in [-0.1, -0.05) is 87.5 Å². The second-order valence-electron chi connectivity index (χ2n) is 13.0. The van der Waals surface area contributed by atoms with E-state index in [2.05, 4.69) is 44.2 Å². The third-order valence-electron chi connectivity index (χ3n) is 8.46. The molecule has 3 N–H and O–H groups in total. The number of rotatable bonds is 14. The van der Waals surface area contributed by atoms with E-state index in [4.69, 9.17) is 13.9 Å². The van der Waals surface area contributed by atoms with Crippen LogP contribution in [0, 0.1) is 0 Å². The molecule has 0 saturated carbocycles. The van der Waals surface area contributed by atoms with Crippen molar-refractivity contribution in [3.63, 3.8) is 0 Å². The summed E-state index contributed by atoms with van der Waals surface area (Å²) in [5.74, 6) is 0.511. The van der Waals surface area contributed by atoms with Crippen LogP contribution in [0.1, 0.15) is 50.0 Å². The molecule has 250 valence electrons. The Morgan fingerprint density at radius 2 is 1.55 bits per heavy atom. The molecule has 0 fully saturated rings. The van der Waals surface area contributed by atoms with Crippen molar-refractivity contribution in [3.8, 4) is 5.75 Å². The largest absolute Gasteiger partial charge is 0.487 e. The van der Waals surface area contributed by atoms with E-state index in [-0.39, 0.29) is 36.8 Å². The van der Waals surface area contributed by atoms with Crippen LogP contribution >= 0.6 is 0 Å². The van der Waals surface area contributed by atoms with Gasteiger partial charge in [-0.15, -0.1) is 0 Å². The zero-order chi connectivity index (χ0) is 34.0. The van der Waals surface area contributed by atoms with E-state index in [0.29, 0.717) is 29.7 Å². The number of aromatic amines is 1. The molecule has 0 aliphatic rings. The first-order valence-corrected chi connectivity index (χ1v) is 18.7. The number of carbonyl (C=O) groups excluding carboxylic acids is 1. The van der Waals surface area contributed by atoms with Crippen LogP contribution in [-0.4, -0.2) is 55.1 Å². The molecule has 11 heteroatoms. The number of alkyl carbamates (subject to hydrolysis) is 1. The molecule has 2 amide bonds. The van der Waals surface area contributed by atoms with Crippen molar-refractivity contribution < 1.29 is 28.6 Å². The maximum atomic E-state index is 12.5. The molecular formula is C36H45N3O7Si. The molecule has 1 heterocycles. The van der Waals surface area contributed by atoms with Crippen molar-refractivity contribution in [1.29, 1.82) is 0 Å². The first-order valence-electron chi connectivity index (χ1n) is 15.8. The number of hydrogen-bond donors (Lipinski definition) is 3. The number of carbonyl (C=O) groups is 2. The number of carboxylic acid groups (broad SMARTS) is 1. The van der Waals surface area contributed by atoms with Crippen LogP contribution < -0.4 is 15.6 Å². The summed E-state index contributed by atoms with van der Waals surface area (Å²) in [5.41, 5.74) is 2.86. The number of amides is 2. The smallest absolute Gasteiger partial charge is 0.407 e. The number of nitrogens with zero attached hydrogens (tertiary/aromatic N) is 1. The average Bonchev–Trinajstić information content (AvgIpc) is 3.03. The molecule has 1 aromatic heterocycles. The van der Waals surface area contributed by atoms with Gasteiger partial charge in [-0.05, 0) is 53.4 Å². The van der Waals surface area contributed by atoms with Crippen LogP contribution in [0.4, 0.5) is 9.59 Å². The Kier molecular flexibility index (Phi) is 11.8. The van der Waals surface area contributed by atoms with Crippen molar-refractivity contribution in [2.24, 2.45) is 0 Å². The Morgan fingerprint density at radius 1 is 0.915 bits per heavy atom. The standard InChI is InChI=1S/C36H45N3O7Si/c1-36(2,3)47(4,5)46-31(23-39(35(42)43)22-12-21-37-34(41)45-25-27-15-10-7-11-16-27)28-17-19-30(33-29(28)18-20-32(40)38-33)44-24-26-13-8-6-9-14-26/h6-11,13-20,31H,12,21-25H2,1-5H3,(H,37,41)(H,38,40)(H,42,43). The van der Waals surface area contributed by atoms with Gasteiger partial charge in [0.15, 0.2) is 8.32 Å². The fourth-order valence-corrected chi connectivity index (χ4v) is 6.08. The van der Waals surface area contributed by atoms with Gasteiger partial charge in [-0.2, -0.15) is 0 Å². The van der Waals surface area contributed by atoms with Gasteiger partial charge < -0.3 is 34.2 Å². The van der Waals surface area contributed by atoms with Crippen molar-refractivity contribution in [1.82, 2.24) is 15.2 Å². The summed E-state index contributed by atoms with van der Waals surface area (Å²) in [5, 5.41) is 13.5. The summed E-state index contributed by atoms with van der Waals surface area (Å²) in [6, 6.07) is 26.0. The molecule has 4 rings (SSSR count). The Morgan fingerprint density at radius 3 is 2.17 bits per heavy atom. The van der Waals surface area contributed by atoms with E-state index in [0.717, 1.165) is 16.7 Å². The number of ether oxygens (including phenoxy) is 2. The molecule has 4 aromatic rings. The predicted octanol–water partition coefficient (Wildman–Crippen LogP) is 7.47. The first-order chi connectivity index (χ1) is 22.3. The number of pyridine rings is 1. The lowest BCUT2D eigenvalue weighted by molar-refractivity contribution is 0.101. The minimum Gasteiger partial charge on any atom is -0.487 e.